The summed E-state index contributed by atoms with van der Waals surface area (Å²) < 4.78 is 6.48. The van der Waals surface area contributed by atoms with Crippen molar-refractivity contribution in [3.05, 3.63) is 47.8 Å². The Morgan fingerprint density at radius 2 is 2.00 bits per heavy atom. The summed E-state index contributed by atoms with van der Waals surface area (Å²) in [5, 5.41) is 16.1. The summed E-state index contributed by atoms with van der Waals surface area (Å²) in [5.41, 5.74) is 0.133. The normalized spacial score (nSPS) is 13.3. The molecule has 0 aliphatic heterocycles. The standard InChI is InChI=1S/C16H19N3O4/c1-11-13(9-19(18-11)12-7-5-4-6-8-12)14(20)17-16(2,10-23-3)15(21)22/h4-9H,10H2,1-3H3,(H,17,20)(H,21,22). The van der Waals surface area contributed by atoms with E-state index in [-0.39, 0.29) is 6.61 Å². The first kappa shape index (κ1) is 16.7. The Morgan fingerprint density at radius 1 is 1.35 bits per heavy atom. The molecule has 1 atom stereocenters. The third-order valence-corrected chi connectivity index (χ3v) is 3.46. The fourth-order valence-electron chi connectivity index (χ4n) is 2.15. The molecule has 0 fully saturated rings. The van der Waals surface area contributed by atoms with Gasteiger partial charge in [-0.2, -0.15) is 5.10 Å². The third kappa shape index (κ3) is 3.57. The predicted molar refractivity (Wildman–Crippen MR) is 83.7 cm³/mol. The minimum absolute atomic E-state index is 0.139. The Kier molecular flexibility index (Phi) is 4.80. The molecule has 2 N–H and O–H groups in total. The smallest absolute Gasteiger partial charge is 0.331 e. The molecular weight excluding hydrogens is 298 g/mol. The summed E-state index contributed by atoms with van der Waals surface area (Å²) in [6.07, 6.45) is 1.58. The van der Waals surface area contributed by atoms with Gasteiger partial charge in [0.05, 0.1) is 23.6 Å². The molecular formula is C16H19N3O4. The lowest BCUT2D eigenvalue weighted by molar-refractivity contribution is -0.145. The summed E-state index contributed by atoms with van der Waals surface area (Å²) in [5.74, 6) is -1.67. The zero-order valence-corrected chi connectivity index (χ0v) is 13.2. The molecule has 7 nitrogen and oxygen atoms in total. The number of carbonyl (C=O) groups is 2. The molecule has 122 valence electrons. The van der Waals surface area contributed by atoms with Gasteiger partial charge < -0.3 is 15.2 Å². The van der Waals surface area contributed by atoms with Crippen molar-refractivity contribution < 1.29 is 19.4 Å². The summed E-state index contributed by atoms with van der Waals surface area (Å²) in [4.78, 5) is 23.8. The molecule has 2 rings (SSSR count). The Hall–Kier alpha value is -2.67. The van der Waals surface area contributed by atoms with Gasteiger partial charge in [0, 0.05) is 13.3 Å². The molecule has 0 bridgehead atoms. The minimum Gasteiger partial charge on any atom is -0.479 e. The van der Waals surface area contributed by atoms with Crippen molar-refractivity contribution >= 4 is 11.9 Å². The highest BCUT2D eigenvalue weighted by Gasteiger charge is 2.36. The van der Waals surface area contributed by atoms with E-state index in [0.29, 0.717) is 11.3 Å². The van der Waals surface area contributed by atoms with E-state index in [4.69, 9.17) is 4.74 Å². The zero-order chi connectivity index (χ0) is 17.0. The van der Waals surface area contributed by atoms with Gasteiger partial charge in [-0.15, -0.1) is 0 Å². The summed E-state index contributed by atoms with van der Waals surface area (Å²) in [7, 11) is 1.38. The van der Waals surface area contributed by atoms with Crippen LogP contribution in [0.4, 0.5) is 0 Å². The summed E-state index contributed by atoms with van der Waals surface area (Å²) in [6.45, 7) is 2.95. The van der Waals surface area contributed by atoms with E-state index < -0.39 is 17.4 Å². The number of aryl methyl sites for hydroxylation is 1. The highest BCUT2D eigenvalue weighted by molar-refractivity contribution is 5.98. The number of benzene rings is 1. The number of nitrogens with one attached hydrogen (secondary N) is 1. The van der Waals surface area contributed by atoms with Crippen molar-refractivity contribution in [1.82, 2.24) is 15.1 Å². The van der Waals surface area contributed by atoms with Gasteiger partial charge in [0.25, 0.3) is 5.91 Å². The van der Waals surface area contributed by atoms with Gasteiger partial charge in [0.1, 0.15) is 0 Å². The molecule has 0 aliphatic carbocycles. The quantitative estimate of drug-likeness (QED) is 0.840. The Labute approximate surface area is 133 Å². The van der Waals surface area contributed by atoms with Crippen LogP contribution in [0.3, 0.4) is 0 Å². The number of para-hydroxylation sites is 1. The number of rotatable bonds is 6. The monoisotopic (exact) mass is 317 g/mol. The molecule has 1 aromatic heterocycles. The largest absolute Gasteiger partial charge is 0.479 e. The first-order valence-corrected chi connectivity index (χ1v) is 7.04. The van der Waals surface area contributed by atoms with Crippen molar-refractivity contribution in [2.45, 2.75) is 19.4 Å². The maximum atomic E-state index is 12.4. The van der Waals surface area contributed by atoms with E-state index in [9.17, 15) is 14.7 Å². The highest BCUT2D eigenvalue weighted by Crippen LogP contribution is 2.14. The van der Waals surface area contributed by atoms with Crippen molar-refractivity contribution in [1.29, 1.82) is 0 Å². The van der Waals surface area contributed by atoms with E-state index in [2.05, 4.69) is 10.4 Å². The fourth-order valence-corrected chi connectivity index (χ4v) is 2.15. The Balaban J connectivity index is 2.27. The van der Waals surface area contributed by atoms with Gasteiger partial charge in [-0.1, -0.05) is 18.2 Å². The van der Waals surface area contributed by atoms with Crippen LogP contribution in [0, 0.1) is 6.92 Å². The number of methoxy groups -OCH3 is 1. The number of ether oxygens (including phenoxy) is 1. The van der Waals surface area contributed by atoms with Crippen LogP contribution in [0.15, 0.2) is 36.5 Å². The third-order valence-electron chi connectivity index (χ3n) is 3.46. The molecule has 1 aromatic carbocycles. The minimum atomic E-state index is -1.51. The van der Waals surface area contributed by atoms with Gasteiger partial charge >= 0.3 is 5.97 Å². The van der Waals surface area contributed by atoms with Gasteiger partial charge in [-0.25, -0.2) is 9.48 Å². The molecule has 1 unspecified atom stereocenters. The number of carbonyl (C=O) groups excluding carboxylic acids is 1. The lowest BCUT2D eigenvalue weighted by atomic mass is 10.0. The van der Waals surface area contributed by atoms with Crippen LogP contribution < -0.4 is 5.32 Å². The zero-order valence-electron chi connectivity index (χ0n) is 13.2. The first-order valence-electron chi connectivity index (χ1n) is 7.04. The maximum Gasteiger partial charge on any atom is 0.331 e. The molecule has 0 aliphatic rings. The first-order chi connectivity index (χ1) is 10.9. The van der Waals surface area contributed by atoms with Crippen LogP contribution in [-0.2, 0) is 9.53 Å². The molecule has 0 saturated carbocycles. The molecule has 2 aromatic rings. The van der Waals surface area contributed by atoms with E-state index in [1.54, 1.807) is 17.8 Å². The second-order valence-electron chi connectivity index (χ2n) is 5.43. The van der Waals surface area contributed by atoms with E-state index in [1.807, 2.05) is 30.3 Å². The maximum absolute atomic E-state index is 12.4. The topological polar surface area (TPSA) is 93.5 Å². The lowest BCUT2D eigenvalue weighted by Crippen LogP contribution is -2.55. The summed E-state index contributed by atoms with van der Waals surface area (Å²) in [6, 6.07) is 9.34. The SMILES string of the molecule is COCC(C)(NC(=O)c1cn(-c2ccccc2)nc1C)C(=O)O. The molecule has 1 amide bonds. The van der Waals surface area contributed by atoms with Crippen LogP contribution in [0.1, 0.15) is 23.0 Å². The van der Waals surface area contributed by atoms with Crippen molar-refractivity contribution in [3.63, 3.8) is 0 Å². The van der Waals surface area contributed by atoms with E-state index in [1.165, 1.54) is 14.0 Å². The lowest BCUT2D eigenvalue weighted by Gasteiger charge is -2.25. The highest BCUT2D eigenvalue weighted by atomic mass is 16.5. The van der Waals surface area contributed by atoms with E-state index in [0.717, 1.165) is 5.69 Å². The molecule has 1 heterocycles. The number of hydrogen-bond donors (Lipinski definition) is 2. The van der Waals surface area contributed by atoms with Crippen LogP contribution in [0.2, 0.25) is 0 Å². The van der Waals surface area contributed by atoms with Crippen LogP contribution in [0.25, 0.3) is 5.69 Å². The molecule has 0 radical (unpaired) electrons. The number of carboxylic acid groups (broad SMARTS) is 1. The number of hydrogen-bond acceptors (Lipinski definition) is 4. The number of aliphatic carboxylic acids is 1. The van der Waals surface area contributed by atoms with Crippen molar-refractivity contribution in [3.8, 4) is 5.69 Å². The fraction of sp³-hybridized carbons (Fsp3) is 0.312. The van der Waals surface area contributed by atoms with Gasteiger partial charge in [0.2, 0.25) is 0 Å². The van der Waals surface area contributed by atoms with Crippen LogP contribution in [0.5, 0.6) is 0 Å². The molecule has 23 heavy (non-hydrogen) atoms. The Morgan fingerprint density at radius 3 is 2.57 bits per heavy atom. The number of nitrogens with zero attached hydrogens (tertiary/aromatic N) is 2. The van der Waals surface area contributed by atoms with Crippen LogP contribution >= 0.6 is 0 Å². The molecule has 0 spiro atoms. The van der Waals surface area contributed by atoms with Crippen molar-refractivity contribution in [2.75, 3.05) is 13.7 Å². The van der Waals surface area contributed by atoms with Gasteiger partial charge in [-0.3, -0.25) is 4.79 Å². The van der Waals surface area contributed by atoms with E-state index >= 15 is 0 Å². The molecule has 0 saturated heterocycles. The average Bonchev–Trinajstić information content (AvgIpc) is 2.90. The predicted octanol–water partition coefficient (Wildman–Crippen LogP) is 1.40. The summed E-state index contributed by atoms with van der Waals surface area (Å²) >= 11 is 0. The second kappa shape index (κ2) is 6.62. The number of carboxylic acids is 1. The Bertz CT molecular complexity index is 711. The van der Waals surface area contributed by atoms with Crippen LogP contribution in [-0.4, -0.2) is 46.0 Å². The van der Waals surface area contributed by atoms with Crippen molar-refractivity contribution in [2.24, 2.45) is 0 Å². The van der Waals surface area contributed by atoms with Gasteiger partial charge in [-0.05, 0) is 26.0 Å². The van der Waals surface area contributed by atoms with Gasteiger partial charge in [0.15, 0.2) is 5.54 Å². The second-order valence-corrected chi connectivity index (χ2v) is 5.43. The average molecular weight is 317 g/mol. The number of amides is 1. The number of aromatic nitrogens is 2. The molecule has 7 heteroatoms.